The third-order valence-corrected chi connectivity index (χ3v) is 3.51. The molecule has 1 aromatic carbocycles. The number of hydrogen-bond donors (Lipinski definition) is 0. The molecule has 8 heteroatoms. The molecule has 112 valence electrons. The van der Waals surface area contributed by atoms with Crippen LogP contribution in [-0.4, -0.2) is 22.9 Å². The number of carbonyl (C=O) groups is 1. The molecule has 0 fully saturated rings. The van der Waals surface area contributed by atoms with Gasteiger partial charge in [-0.05, 0) is 17.7 Å². The van der Waals surface area contributed by atoms with Crippen LogP contribution in [0.4, 0.5) is 13.2 Å². The van der Waals surface area contributed by atoms with Crippen LogP contribution in [0.1, 0.15) is 21.5 Å². The second-order valence-electron chi connectivity index (χ2n) is 4.22. The fraction of sp³-hybridized carbons (Fsp3) is 0.231. The second-order valence-corrected chi connectivity index (χ2v) is 5.08. The van der Waals surface area contributed by atoms with Crippen molar-refractivity contribution < 1.29 is 22.7 Å². The Kier molecular flexibility index (Phi) is 4.36. The van der Waals surface area contributed by atoms with E-state index in [4.69, 9.17) is 0 Å². The number of aromatic nitrogens is 2. The molecule has 2 rings (SSSR count). The Morgan fingerprint density at radius 3 is 2.67 bits per heavy atom. The number of halogens is 4. The van der Waals surface area contributed by atoms with E-state index in [-0.39, 0.29) is 6.54 Å². The summed E-state index contributed by atoms with van der Waals surface area (Å²) in [7, 11) is 1.27. The molecule has 0 unspecified atom stereocenters. The van der Waals surface area contributed by atoms with Gasteiger partial charge in [0.1, 0.15) is 0 Å². The van der Waals surface area contributed by atoms with Gasteiger partial charge in [-0.1, -0.05) is 22.0 Å². The zero-order valence-electron chi connectivity index (χ0n) is 10.8. The van der Waals surface area contributed by atoms with Crippen LogP contribution in [-0.2, 0) is 17.5 Å². The Labute approximate surface area is 126 Å². The van der Waals surface area contributed by atoms with Gasteiger partial charge in [-0.3, -0.25) is 4.68 Å². The van der Waals surface area contributed by atoms with Crippen LogP contribution < -0.4 is 0 Å². The van der Waals surface area contributed by atoms with Gasteiger partial charge < -0.3 is 4.74 Å². The number of nitrogens with zero attached hydrogens (tertiary/aromatic N) is 2. The van der Waals surface area contributed by atoms with Crippen molar-refractivity contribution in [2.75, 3.05) is 7.11 Å². The van der Waals surface area contributed by atoms with E-state index in [0.717, 1.165) is 12.4 Å². The number of esters is 1. The van der Waals surface area contributed by atoms with Gasteiger partial charge in [0, 0.05) is 10.7 Å². The van der Waals surface area contributed by atoms with E-state index < -0.39 is 17.7 Å². The first kappa shape index (κ1) is 15.6. The van der Waals surface area contributed by atoms with Crippen LogP contribution in [0.3, 0.4) is 0 Å². The summed E-state index contributed by atoms with van der Waals surface area (Å²) >= 11 is 3.28. The average Bonchev–Trinajstić information content (AvgIpc) is 2.88. The molecule has 0 amide bonds. The van der Waals surface area contributed by atoms with Gasteiger partial charge in [-0.15, -0.1) is 0 Å². The van der Waals surface area contributed by atoms with E-state index in [1.807, 2.05) is 0 Å². The summed E-state index contributed by atoms with van der Waals surface area (Å²) in [6, 6.07) is 4.72. The Hall–Kier alpha value is -1.83. The van der Waals surface area contributed by atoms with Crippen molar-refractivity contribution in [3.05, 3.63) is 51.8 Å². The van der Waals surface area contributed by atoms with Gasteiger partial charge in [0.2, 0.25) is 0 Å². The summed E-state index contributed by atoms with van der Waals surface area (Å²) < 4.78 is 43.8. The monoisotopic (exact) mass is 362 g/mol. The molecule has 0 aliphatic heterocycles. The molecule has 0 bridgehead atoms. The maximum absolute atomic E-state index is 12.5. The lowest BCUT2D eigenvalue weighted by Crippen LogP contribution is -2.05. The number of benzene rings is 1. The predicted molar refractivity (Wildman–Crippen MR) is 71.8 cm³/mol. The lowest BCUT2D eigenvalue weighted by atomic mass is 10.1. The van der Waals surface area contributed by atoms with E-state index in [0.29, 0.717) is 15.6 Å². The average molecular weight is 363 g/mol. The van der Waals surface area contributed by atoms with Crippen LogP contribution in [0.5, 0.6) is 0 Å². The van der Waals surface area contributed by atoms with Gasteiger partial charge in [-0.2, -0.15) is 18.3 Å². The van der Waals surface area contributed by atoms with Gasteiger partial charge >= 0.3 is 12.1 Å². The molecule has 0 saturated heterocycles. The maximum atomic E-state index is 12.5. The van der Waals surface area contributed by atoms with Crippen molar-refractivity contribution in [2.24, 2.45) is 0 Å². The summed E-state index contributed by atoms with van der Waals surface area (Å²) in [5.41, 5.74) is 0.244. The Morgan fingerprint density at radius 1 is 1.43 bits per heavy atom. The van der Waals surface area contributed by atoms with Crippen LogP contribution in [0, 0.1) is 0 Å². The summed E-state index contributed by atoms with van der Waals surface area (Å²) in [4.78, 5) is 11.4. The number of alkyl halides is 3. The molecule has 0 atom stereocenters. The van der Waals surface area contributed by atoms with Crippen molar-refractivity contribution in [1.82, 2.24) is 9.78 Å². The second kappa shape index (κ2) is 5.88. The van der Waals surface area contributed by atoms with Crippen molar-refractivity contribution in [1.29, 1.82) is 0 Å². The number of carbonyl (C=O) groups excluding carboxylic acids is 1. The zero-order chi connectivity index (χ0) is 15.6. The van der Waals surface area contributed by atoms with Crippen LogP contribution >= 0.6 is 15.9 Å². The zero-order valence-corrected chi connectivity index (χ0v) is 12.4. The number of rotatable bonds is 3. The number of ether oxygens (including phenoxy) is 1. The third-order valence-electron chi connectivity index (χ3n) is 2.77. The molecule has 0 aliphatic carbocycles. The third kappa shape index (κ3) is 3.63. The summed E-state index contributed by atoms with van der Waals surface area (Å²) in [6.07, 6.45) is -2.71. The quantitative estimate of drug-likeness (QED) is 0.785. The largest absolute Gasteiger partial charge is 0.465 e. The van der Waals surface area contributed by atoms with Crippen molar-refractivity contribution >= 4 is 21.9 Å². The summed E-state index contributed by atoms with van der Waals surface area (Å²) in [6.45, 7) is 0.151. The van der Waals surface area contributed by atoms with E-state index in [1.165, 1.54) is 11.8 Å². The normalized spacial score (nSPS) is 11.5. The molecule has 0 N–H and O–H groups in total. The molecular formula is C13H10BrF3N2O2. The SMILES string of the molecule is COC(=O)c1ccc(Cn2cc(C(F)(F)F)cn2)c(Br)c1. The Morgan fingerprint density at radius 2 is 2.14 bits per heavy atom. The highest BCUT2D eigenvalue weighted by Gasteiger charge is 2.32. The first-order valence-electron chi connectivity index (χ1n) is 5.77. The fourth-order valence-corrected chi connectivity index (χ4v) is 2.20. The summed E-state index contributed by atoms with van der Waals surface area (Å²) in [5.74, 6) is -0.485. The Balaban J connectivity index is 2.20. The maximum Gasteiger partial charge on any atom is 0.419 e. The molecule has 2 aromatic rings. The molecule has 0 radical (unpaired) electrons. The molecule has 0 aliphatic rings. The van der Waals surface area contributed by atoms with E-state index >= 15 is 0 Å². The first-order chi connectivity index (χ1) is 9.81. The first-order valence-corrected chi connectivity index (χ1v) is 6.57. The standard InChI is InChI=1S/C13H10BrF3N2O2/c1-21-12(20)8-2-3-9(11(14)4-8)6-19-7-10(5-18-19)13(15,16)17/h2-5,7H,6H2,1H3. The number of hydrogen-bond acceptors (Lipinski definition) is 3. The minimum Gasteiger partial charge on any atom is -0.465 e. The van der Waals surface area contributed by atoms with Gasteiger partial charge in [-0.25, -0.2) is 4.79 Å². The fourth-order valence-electron chi connectivity index (χ4n) is 1.69. The Bertz CT molecular complexity index is 668. The molecule has 0 spiro atoms. The van der Waals surface area contributed by atoms with Crippen molar-refractivity contribution in [3.63, 3.8) is 0 Å². The van der Waals surface area contributed by atoms with E-state index in [1.54, 1.807) is 18.2 Å². The van der Waals surface area contributed by atoms with E-state index in [9.17, 15) is 18.0 Å². The van der Waals surface area contributed by atoms with Gasteiger partial charge in [0.25, 0.3) is 0 Å². The summed E-state index contributed by atoms with van der Waals surface area (Å²) in [5, 5.41) is 3.68. The molecule has 4 nitrogen and oxygen atoms in total. The molecule has 1 aromatic heterocycles. The lowest BCUT2D eigenvalue weighted by molar-refractivity contribution is -0.137. The smallest absolute Gasteiger partial charge is 0.419 e. The van der Waals surface area contributed by atoms with Crippen LogP contribution in [0.15, 0.2) is 35.1 Å². The van der Waals surface area contributed by atoms with Crippen molar-refractivity contribution in [2.45, 2.75) is 12.7 Å². The van der Waals surface area contributed by atoms with Gasteiger partial charge in [0.05, 0.1) is 31.0 Å². The molecule has 0 saturated carbocycles. The van der Waals surface area contributed by atoms with Crippen molar-refractivity contribution in [3.8, 4) is 0 Å². The molecular weight excluding hydrogens is 353 g/mol. The highest BCUT2D eigenvalue weighted by Crippen LogP contribution is 2.29. The number of methoxy groups -OCH3 is 1. The minimum atomic E-state index is -4.41. The minimum absolute atomic E-state index is 0.151. The van der Waals surface area contributed by atoms with Crippen LogP contribution in [0.2, 0.25) is 0 Å². The topological polar surface area (TPSA) is 44.1 Å². The highest BCUT2D eigenvalue weighted by molar-refractivity contribution is 9.10. The van der Waals surface area contributed by atoms with Crippen LogP contribution in [0.25, 0.3) is 0 Å². The molecule has 1 heterocycles. The van der Waals surface area contributed by atoms with Gasteiger partial charge in [0.15, 0.2) is 0 Å². The molecule has 21 heavy (non-hydrogen) atoms. The van der Waals surface area contributed by atoms with E-state index in [2.05, 4.69) is 25.8 Å². The predicted octanol–water partition coefficient (Wildman–Crippen LogP) is 3.50. The lowest BCUT2D eigenvalue weighted by Gasteiger charge is -2.07. The highest BCUT2D eigenvalue weighted by atomic mass is 79.9.